The second-order valence-electron chi connectivity index (χ2n) is 21.8. The topological polar surface area (TPSA) is 19.6 Å². The van der Waals surface area contributed by atoms with Gasteiger partial charge in [-0.15, -0.1) is 0 Å². The molecule has 2 atom stereocenters. The maximum atomic E-state index is 7.48. The Labute approximate surface area is 334 Å². The van der Waals surface area contributed by atoms with Crippen LogP contribution in [0.1, 0.15) is 149 Å². The Bertz CT molecular complexity index is 2480. The summed E-state index contributed by atoms with van der Waals surface area (Å²) in [5.74, 6) is 0. The van der Waals surface area contributed by atoms with Crippen LogP contribution in [0.3, 0.4) is 0 Å². The number of hydrogen-bond donors (Lipinski definition) is 0. The number of rotatable bonds is 1. The Kier molecular flexibility index (Phi) is 7.06. The lowest BCUT2D eigenvalue weighted by molar-refractivity contribution is 0.195. The normalized spacial score (nSPS) is 24.3. The standard InChI is InChI=1S/C50H58BClN2O/c1-45(2,3)29-15-17-32(18-16-29)53-38-25-31(52)26-39-41(38)51(44-42(53)33-27-34-35(28-40(33)55-44)48(9,10)22-21-47(34,7)8)37-24-30(46(4,5)6)23-36-43(37)54(39)50(12)20-14-13-19-49(36,50)11/h15-18,23-28H,13-14,19-22H2,1-12H3. The largest absolute Gasteiger partial charge is 0.468 e. The quantitative estimate of drug-likeness (QED) is 0.156. The van der Waals surface area contributed by atoms with Crippen molar-refractivity contribution in [3.8, 4) is 0 Å². The Morgan fingerprint density at radius 3 is 1.93 bits per heavy atom. The summed E-state index contributed by atoms with van der Waals surface area (Å²) >= 11 is 7.38. The SMILES string of the molecule is CC(C)(C)c1ccc(N2c3cc(Cl)cc4c3B(c3cc(C(C)(C)C)cc5c3N4C3(C)CCCCC53C)c3oc4cc5c(cc4c32)C(C)(C)CCC5(C)C)cc1. The van der Waals surface area contributed by atoms with Gasteiger partial charge in [-0.2, -0.15) is 0 Å². The summed E-state index contributed by atoms with van der Waals surface area (Å²) in [5.41, 5.74) is 18.2. The molecule has 1 fully saturated rings. The Morgan fingerprint density at radius 1 is 0.655 bits per heavy atom. The molecule has 10 rings (SSSR count). The summed E-state index contributed by atoms with van der Waals surface area (Å²) in [6.07, 6.45) is 7.17. The molecule has 0 radical (unpaired) electrons. The molecule has 5 aromatic rings. The first-order valence-corrected chi connectivity index (χ1v) is 21.4. The van der Waals surface area contributed by atoms with Crippen LogP contribution in [0.5, 0.6) is 0 Å². The molecule has 284 valence electrons. The van der Waals surface area contributed by atoms with Crippen LogP contribution in [-0.2, 0) is 27.1 Å². The molecule has 0 N–H and O–H groups in total. The lowest BCUT2D eigenvalue weighted by Gasteiger charge is -2.52. The molecule has 4 aromatic carbocycles. The van der Waals surface area contributed by atoms with E-state index in [0.29, 0.717) is 0 Å². The van der Waals surface area contributed by atoms with Crippen LogP contribution < -0.4 is 26.4 Å². The van der Waals surface area contributed by atoms with Gasteiger partial charge in [0.1, 0.15) is 5.58 Å². The highest BCUT2D eigenvalue weighted by molar-refractivity contribution is 7.00. The summed E-state index contributed by atoms with van der Waals surface area (Å²) in [7, 11) is 0. The number of furan rings is 1. The summed E-state index contributed by atoms with van der Waals surface area (Å²) in [6, 6.07) is 23.9. The van der Waals surface area contributed by atoms with E-state index in [9.17, 15) is 0 Å². The molecule has 0 amide bonds. The smallest absolute Gasteiger partial charge is 0.297 e. The van der Waals surface area contributed by atoms with Crippen molar-refractivity contribution < 1.29 is 4.42 Å². The van der Waals surface area contributed by atoms with Gasteiger partial charge in [-0.3, -0.25) is 0 Å². The molecule has 1 aromatic heterocycles. The van der Waals surface area contributed by atoms with Crippen LogP contribution in [0.25, 0.3) is 11.0 Å². The van der Waals surface area contributed by atoms with Gasteiger partial charge in [-0.1, -0.05) is 125 Å². The van der Waals surface area contributed by atoms with Crippen LogP contribution >= 0.6 is 11.6 Å². The second kappa shape index (κ2) is 10.9. The lowest BCUT2D eigenvalue weighted by atomic mass is 9.35. The maximum absolute atomic E-state index is 7.48. The highest BCUT2D eigenvalue weighted by Crippen LogP contribution is 2.62. The molecule has 0 spiro atoms. The zero-order valence-corrected chi connectivity index (χ0v) is 36.0. The number of hydrogen-bond acceptors (Lipinski definition) is 3. The average Bonchev–Trinajstić information content (AvgIpc) is 3.57. The molecule has 55 heavy (non-hydrogen) atoms. The van der Waals surface area contributed by atoms with Crippen LogP contribution in [0.4, 0.5) is 28.4 Å². The zero-order chi connectivity index (χ0) is 39.0. The molecule has 4 heterocycles. The highest BCUT2D eigenvalue weighted by atomic mass is 35.5. The van der Waals surface area contributed by atoms with Crippen molar-refractivity contribution in [3.63, 3.8) is 0 Å². The van der Waals surface area contributed by atoms with Crippen LogP contribution in [0, 0.1) is 0 Å². The number of anilines is 5. The van der Waals surface area contributed by atoms with E-state index in [0.717, 1.165) is 28.4 Å². The van der Waals surface area contributed by atoms with Gasteiger partial charge in [0.15, 0.2) is 0 Å². The number of nitrogens with zero attached hydrogens (tertiary/aromatic N) is 2. The molecule has 3 aliphatic heterocycles. The monoisotopic (exact) mass is 748 g/mol. The van der Waals surface area contributed by atoms with Crippen molar-refractivity contribution in [1.29, 1.82) is 0 Å². The van der Waals surface area contributed by atoms with Gasteiger partial charge in [0.05, 0.1) is 16.9 Å². The van der Waals surface area contributed by atoms with Gasteiger partial charge in [-0.05, 0) is 129 Å². The van der Waals surface area contributed by atoms with Crippen molar-refractivity contribution >= 4 is 74.3 Å². The minimum absolute atomic E-state index is 0.00802. The fourth-order valence-corrected chi connectivity index (χ4v) is 11.9. The predicted molar refractivity (Wildman–Crippen MR) is 236 cm³/mol. The van der Waals surface area contributed by atoms with E-state index >= 15 is 0 Å². The Hall–Kier alpha value is -3.63. The van der Waals surface area contributed by atoms with E-state index in [1.165, 1.54) is 99.0 Å². The van der Waals surface area contributed by atoms with Gasteiger partial charge in [0.25, 0.3) is 6.71 Å². The van der Waals surface area contributed by atoms with Crippen LogP contribution in [0.15, 0.2) is 65.1 Å². The molecular formula is C50H58BClN2O. The number of halogens is 1. The first kappa shape index (κ1) is 35.8. The van der Waals surface area contributed by atoms with Gasteiger partial charge >= 0.3 is 0 Å². The summed E-state index contributed by atoms with van der Waals surface area (Å²) in [5, 5.41) is 1.98. The fourth-order valence-electron chi connectivity index (χ4n) is 11.7. The summed E-state index contributed by atoms with van der Waals surface area (Å²) in [6.45, 7) is 28.8. The zero-order valence-electron chi connectivity index (χ0n) is 35.3. The molecule has 0 bridgehead atoms. The third-order valence-corrected chi connectivity index (χ3v) is 15.6. The predicted octanol–water partition coefficient (Wildman–Crippen LogP) is 12.4. The lowest BCUT2D eigenvalue weighted by Crippen LogP contribution is -2.64. The molecule has 2 aliphatic carbocycles. The third-order valence-electron chi connectivity index (χ3n) is 15.4. The molecule has 3 nitrogen and oxygen atoms in total. The molecular weight excluding hydrogens is 691 g/mol. The Balaban J connectivity index is 1.35. The van der Waals surface area contributed by atoms with Gasteiger partial charge < -0.3 is 14.2 Å². The fraction of sp³-hybridized carbons (Fsp3) is 0.480. The van der Waals surface area contributed by atoms with E-state index in [4.69, 9.17) is 16.0 Å². The minimum Gasteiger partial charge on any atom is -0.468 e. The molecule has 5 aliphatic rings. The van der Waals surface area contributed by atoms with Gasteiger partial charge in [-0.25, -0.2) is 0 Å². The van der Waals surface area contributed by atoms with Crippen molar-refractivity contribution in [2.75, 3.05) is 9.80 Å². The third kappa shape index (κ3) is 4.64. The van der Waals surface area contributed by atoms with E-state index in [1.54, 1.807) is 0 Å². The van der Waals surface area contributed by atoms with Crippen molar-refractivity contribution in [3.05, 3.63) is 93.5 Å². The molecule has 0 saturated heterocycles. The van der Waals surface area contributed by atoms with Crippen molar-refractivity contribution in [2.24, 2.45) is 0 Å². The minimum atomic E-state index is -0.0776. The highest BCUT2D eigenvalue weighted by Gasteiger charge is 2.62. The van der Waals surface area contributed by atoms with Gasteiger partial charge in [0.2, 0.25) is 0 Å². The van der Waals surface area contributed by atoms with E-state index in [1.807, 2.05) is 0 Å². The first-order chi connectivity index (χ1) is 25.7. The summed E-state index contributed by atoms with van der Waals surface area (Å²) < 4.78 is 7.48. The maximum Gasteiger partial charge on any atom is 0.297 e. The summed E-state index contributed by atoms with van der Waals surface area (Å²) in [4.78, 5) is 5.28. The van der Waals surface area contributed by atoms with Crippen molar-refractivity contribution in [1.82, 2.24) is 0 Å². The van der Waals surface area contributed by atoms with Crippen LogP contribution in [-0.4, -0.2) is 12.3 Å². The molecule has 2 unspecified atom stereocenters. The van der Waals surface area contributed by atoms with E-state index < -0.39 is 0 Å². The second-order valence-corrected chi connectivity index (χ2v) is 22.2. The number of fused-ring (bicyclic) bond motifs is 10. The molecule has 1 saturated carbocycles. The van der Waals surface area contributed by atoms with Crippen molar-refractivity contribution in [2.45, 2.75) is 154 Å². The first-order valence-electron chi connectivity index (χ1n) is 21.0. The molecule has 5 heteroatoms. The number of benzene rings is 4. The Morgan fingerprint density at radius 2 is 1.27 bits per heavy atom. The average molecular weight is 749 g/mol. The van der Waals surface area contributed by atoms with Gasteiger partial charge in [0, 0.05) is 38.6 Å². The van der Waals surface area contributed by atoms with E-state index in [2.05, 4.69) is 154 Å². The van der Waals surface area contributed by atoms with Crippen LogP contribution in [0.2, 0.25) is 5.02 Å². The van der Waals surface area contributed by atoms with E-state index in [-0.39, 0.29) is 39.3 Å².